The Hall–Kier alpha value is -2.36. The summed E-state index contributed by atoms with van der Waals surface area (Å²) in [6.07, 6.45) is 0.951. The molecular formula is C26H28BrNO. The van der Waals surface area contributed by atoms with Crippen LogP contribution in [0.1, 0.15) is 30.0 Å². The predicted molar refractivity (Wildman–Crippen MR) is 127 cm³/mol. The lowest BCUT2D eigenvalue weighted by molar-refractivity contribution is 0.261. The SMILES string of the molecule is CC/C(=C(/c1ccc(OCCN(C)C)cc1)c1cccc(Br)c1)c1ccccc1. The minimum atomic E-state index is 0.685. The van der Waals surface area contributed by atoms with Crippen molar-refractivity contribution in [2.75, 3.05) is 27.2 Å². The van der Waals surface area contributed by atoms with Gasteiger partial charge in [-0.3, -0.25) is 0 Å². The number of hydrogen-bond acceptors (Lipinski definition) is 2. The maximum absolute atomic E-state index is 5.88. The van der Waals surface area contributed by atoms with Gasteiger partial charge in [-0.05, 0) is 72.6 Å². The quantitative estimate of drug-likeness (QED) is 0.352. The van der Waals surface area contributed by atoms with Crippen LogP contribution in [0, 0.1) is 0 Å². The van der Waals surface area contributed by atoms with Crippen molar-refractivity contribution in [2.24, 2.45) is 0 Å². The van der Waals surface area contributed by atoms with Gasteiger partial charge in [0.1, 0.15) is 12.4 Å². The minimum Gasteiger partial charge on any atom is -0.492 e. The fourth-order valence-corrected chi connectivity index (χ4v) is 3.79. The number of ether oxygens (including phenoxy) is 1. The average molecular weight is 450 g/mol. The second kappa shape index (κ2) is 10.4. The van der Waals surface area contributed by atoms with E-state index in [1.54, 1.807) is 0 Å². The Balaban J connectivity index is 2.03. The van der Waals surface area contributed by atoms with Crippen LogP contribution in [0.5, 0.6) is 5.75 Å². The number of hydrogen-bond donors (Lipinski definition) is 0. The maximum atomic E-state index is 5.88. The molecule has 0 fully saturated rings. The van der Waals surface area contributed by atoms with Gasteiger partial charge in [-0.2, -0.15) is 0 Å². The van der Waals surface area contributed by atoms with Crippen LogP contribution >= 0.6 is 15.9 Å². The summed E-state index contributed by atoms with van der Waals surface area (Å²) in [6, 6.07) is 27.7. The second-order valence-corrected chi connectivity index (χ2v) is 8.18. The summed E-state index contributed by atoms with van der Waals surface area (Å²) in [5.41, 5.74) is 6.27. The van der Waals surface area contributed by atoms with E-state index in [9.17, 15) is 0 Å². The van der Waals surface area contributed by atoms with Crippen LogP contribution in [-0.4, -0.2) is 32.1 Å². The van der Waals surface area contributed by atoms with E-state index in [1.165, 1.54) is 27.8 Å². The highest BCUT2D eigenvalue weighted by Crippen LogP contribution is 2.35. The molecule has 0 atom stereocenters. The van der Waals surface area contributed by atoms with Gasteiger partial charge in [-0.15, -0.1) is 0 Å². The van der Waals surface area contributed by atoms with E-state index < -0.39 is 0 Å². The molecule has 0 aliphatic carbocycles. The Bertz CT molecular complexity index is 946. The summed E-state index contributed by atoms with van der Waals surface area (Å²) < 4.78 is 6.97. The van der Waals surface area contributed by atoms with Gasteiger partial charge >= 0.3 is 0 Å². The Kier molecular flexibility index (Phi) is 7.68. The van der Waals surface area contributed by atoms with Crippen LogP contribution in [0.25, 0.3) is 11.1 Å². The van der Waals surface area contributed by atoms with Crippen molar-refractivity contribution in [3.63, 3.8) is 0 Å². The molecular weight excluding hydrogens is 422 g/mol. The number of halogens is 1. The molecule has 150 valence electrons. The van der Waals surface area contributed by atoms with Crippen LogP contribution in [0.4, 0.5) is 0 Å². The molecule has 0 aromatic heterocycles. The first-order valence-corrected chi connectivity index (χ1v) is 10.8. The lowest BCUT2D eigenvalue weighted by Crippen LogP contribution is -2.19. The first-order chi connectivity index (χ1) is 14.1. The molecule has 29 heavy (non-hydrogen) atoms. The van der Waals surface area contributed by atoms with Gasteiger partial charge in [-0.25, -0.2) is 0 Å². The number of allylic oxidation sites excluding steroid dienone is 1. The van der Waals surface area contributed by atoms with Crippen LogP contribution < -0.4 is 4.74 Å². The van der Waals surface area contributed by atoms with Crippen LogP contribution in [0.2, 0.25) is 0 Å². The highest BCUT2D eigenvalue weighted by molar-refractivity contribution is 9.10. The molecule has 0 aliphatic rings. The van der Waals surface area contributed by atoms with Gasteiger partial charge in [0.05, 0.1) is 0 Å². The van der Waals surface area contributed by atoms with Gasteiger partial charge < -0.3 is 9.64 Å². The number of nitrogens with zero attached hydrogens (tertiary/aromatic N) is 1. The molecule has 3 aromatic rings. The van der Waals surface area contributed by atoms with Gasteiger partial charge in [-0.1, -0.05) is 77.5 Å². The third kappa shape index (κ3) is 5.81. The first-order valence-electron chi connectivity index (χ1n) is 10.0. The lowest BCUT2D eigenvalue weighted by atomic mass is 9.88. The standard InChI is InChI=1S/C26H28BrNO/c1-4-25(20-9-6-5-7-10-20)26(22-11-8-12-23(27)19-22)21-13-15-24(16-14-21)29-18-17-28(2)3/h5-16,19H,4,17-18H2,1-3H3/b26-25+. The van der Waals surface area contributed by atoms with Crippen molar-refractivity contribution in [3.05, 3.63) is 100 Å². The third-order valence-corrected chi connectivity index (χ3v) is 5.33. The molecule has 0 unspecified atom stereocenters. The Labute approximate surface area is 183 Å². The number of benzene rings is 3. The molecule has 0 saturated carbocycles. The summed E-state index contributed by atoms with van der Waals surface area (Å²) >= 11 is 3.64. The predicted octanol–water partition coefficient (Wildman–Crippen LogP) is 6.76. The average Bonchev–Trinajstić information content (AvgIpc) is 2.73. The lowest BCUT2D eigenvalue weighted by Gasteiger charge is -2.17. The molecule has 2 nitrogen and oxygen atoms in total. The number of rotatable bonds is 8. The van der Waals surface area contributed by atoms with Gasteiger partial charge in [0.15, 0.2) is 0 Å². The normalized spacial score (nSPS) is 12.0. The topological polar surface area (TPSA) is 12.5 Å². The monoisotopic (exact) mass is 449 g/mol. The smallest absolute Gasteiger partial charge is 0.119 e. The molecule has 0 amide bonds. The molecule has 0 aliphatic heterocycles. The molecule has 3 aromatic carbocycles. The zero-order valence-electron chi connectivity index (χ0n) is 17.4. The van der Waals surface area contributed by atoms with Crippen molar-refractivity contribution in [2.45, 2.75) is 13.3 Å². The summed E-state index contributed by atoms with van der Waals surface area (Å²) in [5.74, 6) is 0.905. The van der Waals surface area contributed by atoms with Gasteiger partial charge in [0.2, 0.25) is 0 Å². The highest BCUT2D eigenvalue weighted by atomic mass is 79.9. The fourth-order valence-electron chi connectivity index (χ4n) is 3.39. The Morgan fingerprint density at radius 1 is 0.828 bits per heavy atom. The molecule has 0 heterocycles. The van der Waals surface area contributed by atoms with E-state index in [2.05, 4.69) is 121 Å². The van der Waals surface area contributed by atoms with Crippen LogP contribution in [0.15, 0.2) is 83.3 Å². The van der Waals surface area contributed by atoms with E-state index >= 15 is 0 Å². The molecule has 3 heteroatoms. The van der Waals surface area contributed by atoms with Gasteiger partial charge in [0.25, 0.3) is 0 Å². The molecule has 0 bridgehead atoms. The van der Waals surface area contributed by atoms with E-state index in [4.69, 9.17) is 4.74 Å². The zero-order chi connectivity index (χ0) is 20.6. The maximum Gasteiger partial charge on any atom is 0.119 e. The first kappa shape index (κ1) is 21.4. The van der Waals surface area contributed by atoms with Crippen molar-refractivity contribution in [1.29, 1.82) is 0 Å². The van der Waals surface area contributed by atoms with Crippen molar-refractivity contribution in [3.8, 4) is 5.75 Å². The third-order valence-electron chi connectivity index (χ3n) is 4.84. The van der Waals surface area contributed by atoms with E-state index in [1.807, 2.05) is 0 Å². The zero-order valence-corrected chi connectivity index (χ0v) is 18.9. The van der Waals surface area contributed by atoms with Gasteiger partial charge in [0, 0.05) is 11.0 Å². The van der Waals surface area contributed by atoms with Crippen LogP contribution in [0.3, 0.4) is 0 Å². The summed E-state index contributed by atoms with van der Waals surface area (Å²) in [7, 11) is 4.11. The van der Waals surface area contributed by atoms with E-state index in [-0.39, 0.29) is 0 Å². The Morgan fingerprint density at radius 3 is 2.14 bits per heavy atom. The van der Waals surface area contributed by atoms with E-state index in [0.29, 0.717) is 6.61 Å². The van der Waals surface area contributed by atoms with Crippen molar-refractivity contribution < 1.29 is 4.74 Å². The highest BCUT2D eigenvalue weighted by Gasteiger charge is 2.13. The summed E-state index contributed by atoms with van der Waals surface area (Å²) in [5, 5.41) is 0. The largest absolute Gasteiger partial charge is 0.492 e. The summed E-state index contributed by atoms with van der Waals surface area (Å²) in [6.45, 7) is 3.81. The van der Waals surface area contributed by atoms with Crippen molar-refractivity contribution in [1.82, 2.24) is 4.90 Å². The van der Waals surface area contributed by atoms with E-state index in [0.717, 1.165) is 23.2 Å². The molecule has 0 N–H and O–H groups in total. The minimum absolute atomic E-state index is 0.685. The fraction of sp³-hybridized carbons (Fsp3) is 0.231. The van der Waals surface area contributed by atoms with Crippen LogP contribution in [-0.2, 0) is 0 Å². The Morgan fingerprint density at radius 2 is 1.52 bits per heavy atom. The number of likely N-dealkylation sites (N-methyl/N-ethyl adjacent to an activating group) is 1. The second-order valence-electron chi connectivity index (χ2n) is 7.26. The molecule has 0 radical (unpaired) electrons. The molecule has 3 rings (SSSR count). The summed E-state index contributed by atoms with van der Waals surface area (Å²) in [4.78, 5) is 2.12. The van der Waals surface area contributed by atoms with Crippen molar-refractivity contribution >= 4 is 27.1 Å². The molecule has 0 saturated heterocycles. The molecule has 0 spiro atoms.